The van der Waals surface area contributed by atoms with Crippen LogP contribution in [0.25, 0.3) is 5.69 Å². The molecule has 0 saturated heterocycles. The van der Waals surface area contributed by atoms with Crippen molar-refractivity contribution in [2.24, 2.45) is 4.99 Å². The highest BCUT2D eigenvalue weighted by atomic mass is 19.1. The quantitative estimate of drug-likeness (QED) is 0.556. The van der Waals surface area contributed by atoms with Gasteiger partial charge in [0.1, 0.15) is 5.82 Å². The van der Waals surface area contributed by atoms with Crippen molar-refractivity contribution in [2.75, 3.05) is 7.05 Å². The van der Waals surface area contributed by atoms with Crippen LogP contribution in [0.2, 0.25) is 0 Å². The molecule has 0 spiro atoms. The van der Waals surface area contributed by atoms with E-state index in [0.29, 0.717) is 24.6 Å². The summed E-state index contributed by atoms with van der Waals surface area (Å²) in [5.74, 6) is 0.389. The van der Waals surface area contributed by atoms with Crippen LogP contribution in [-0.2, 0) is 13.1 Å². The average Bonchev–Trinajstić information content (AvgIpc) is 3.18. The summed E-state index contributed by atoms with van der Waals surface area (Å²) in [5.41, 5.74) is 2.76. The summed E-state index contributed by atoms with van der Waals surface area (Å²) in [7, 11) is 1.69. The summed E-state index contributed by atoms with van der Waals surface area (Å²) in [5, 5.41) is 6.39. The number of hydrogen-bond donors (Lipinski definition) is 2. The van der Waals surface area contributed by atoms with Crippen LogP contribution in [0.4, 0.5) is 4.39 Å². The van der Waals surface area contributed by atoms with Crippen LogP contribution in [0.3, 0.4) is 0 Å². The van der Waals surface area contributed by atoms with Crippen LogP contribution in [0, 0.1) is 5.82 Å². The van der Waals surface area contributed by atoms with Gasteiger partial charge in [0.05, 0.1) is 12.0 Å². The fourth-order valence-corrected chi connectivity index (χ4v) is 2.53. The molecule has 0 fully saturated rings. The summed E-state index contributed by atoms with van der Waals surface area (Å²) in [4.78, 5) is 8.29. The molecular formula is C19H20FN5. The molecule has 5 nitrogen and oxygen atoms in total. The number of benzene rings is 2. The largest absolute Gasteiger partial charge is 0.352 e. The zero-order chi connectivity index (χ0) is 17.5. The summed E-state index contributed by atoms with van der Waals surface area (Å²) in [6, 6.07) is 14.8. The third-order valence-electron chi connectivity index (χ3n) is 3.85. The number of imidazole rings is 1. The molecule has 128 valence electrons. The van der Waals surface area contributed by atoms with Gasteiger partial charge in [0.15, 0.2) is 5.96 Å². The highest BCUT2D eigenvalue weighted by molar-refractivity contribution is 5.79. The fraction of sp³-hybridized carbons (Fsp3) is 0.158. The first-order valence-electron chi connectivity index (χ1n) is 8.02. The number of rotatable bonds is 5. The number of aliphatic imine (C=N–C) groups is 1. The van der Waals surface area contributed by atoms with Crippen molar-refractivity contribution < 1.29 is 4.39 Å². The standard InChI is InChI=1S/C19H20FN5/c1-21-19(23-12-15-6-2-4-8-17(15)20)24-13-16-7-3-5-9-18(16)25-11-10-22-14-25/h2-11,14H,12-13H2,1H3,(H2,21,23,24). The molecule has 0 amide bonds. The van der Waals surface area contributed by atoms with Crippen molar-refractivity contribution in [3.8, 4) is 5.69 Å². The molecular weight excluding hydrogens is 317 g/mol. The van der Waals surface area contributed by atoms with Crippen LogP contribution >= 0.6 is 0 Å². The monoisotopic (exact) mass is 337 g/mol. The minimum atomic E-state index is -0.226. The summed E-state index contributed by atoms with van der Waals surface area (Å²) < 4.78 is 15.7. The first-order chi connectivity index (χ1) is 12.3. The Bertz CT molecular complexity index is 843. The molecule has 25 heavy (non-hydrogen) atoms. The second kappa shape index (κ2) is 8.10. The maximum absolute atomic E-state index is 13.7. The van der Waals surface area contributed by atoms with Gasteiger partial charge in [-0.1, -0.05) is 36.4 Å². The van der Waals surface area contributed by atoms with Crippen LogP contribution in [0.5, 0.6) is 0 Å². The van der Waals surface area contributed by atoms with E-state index in [9.17, 15) is 4.39 Å². The van der Waals surface area contributed by atoms with E-state index in [1.54, 1.807) is 31.7 Å². The lowest BCUT2D eigenvalue weighted by Gasteiger charge is -2.15. The zero-order valence-corrected chi connectivity index (χ0v) is 14.0. The summed E-state index contributed by atoms with van der Waals surface area (Å²) in [6.45, 7) is 0.959. The molecule has 2 aromatic carbocycles. The van der Waals surface area contributed by atoms with Gasteiger partial charge in [-0.25, -0.2) is 9.37 Å². The molecule has 2 N–H and O–H groups in total. The van der Waals surface area contributed by atoms with Gasteiger partial charge < -0.3 is 15.2 Å². The lowest BCUT2D eigenvalue weighted by Crippen LogP contribution is -2.36. The van der Waals surface area contributed by atoms with Crippen LogP contribution in [0.1, 0.15) is 11.1 Å². The first kappa shape index (κ1) is 16.7. The van der Waals surface area contributed by atoms with Crippen LogP contribution in [-0.4, -0.2) is 22.6 Å². The predicted octanol–water partition coefficient (Wildman–Crippen LogP) is 2.88. The number of halogens is 1. The highest BCUT2D eigenvalue weighted by Gasteiger charge is 2.06. The van der Waals surface area contributed by atoms with Crippen LogP contribution < -0.4 is 10.6 Å². The third-order valence-corrected chi connectivity index (χ3v) is 3.85. The van der Waals surface area contributed by atoms with E-state index in [2.05, 4.69) is 20.6 Å². The van der Waals surface area contributed by atoms with Gasteiger partial charge in [0, 0.05) is 38.1 Å². The second-order valence-electron chi connectivity index (χ2n) is 5.47. The Morgan fingerprint density at radius 1 is 1.04 bits per heavy atom. The Morgan fingerprint density at radius 3 is 2.40 bits per heavy atom. The molecule has 0 atom stereocenters. The smallest absolute Gasteiger partial charge is 0.191 e. The number of aromatic nitrogens is 2. The average molecular weight is 337 g/mol. The molecule has 0 radical (unpaired) electrons. The molecule has 0 bridgehead atoms. The predicted molar refractivity (Wildman–Crippen MR) is 97.0 cm³/mol. The number of hydrogen-bond acceptors (Lipinski definition) is 2. The normalized spacial score (nSPS) is 11.4. The molecule has 1 aromatic heterocycles. The van der Waals surface area contributed by atoms with Crippen molar-refractivity contribution >= 4 is 5.96 Å². The van der Waals surface area contributed by atoms with Gasteiger partial charge in [0.2, 0.25) is 0 Å². The van der Waals surface area contributed by atoms with Gasteiger partial charge in [-0.05, 0) is 17.7 Å². The van der Waals surface area contributed by atoms with Gasteiger partial charge in [-0.2, -0.15) is 0 Å². The number of guanidine groups is 1. The maximum Gasteiger partial charge on any atom is 0.191 e. The lowest BCUT2D eigenvalue weighted by atomic mass is 10.1. The highest BCUT2D eigenvalue weighted by Crippen LogP contribution is 2.13. The molecule has 0 aliphatic heterocycles. The van der Waals surface area contributed by atoms with Crippen LogP contribution in [0.15, 0.2) is 72.2 Å². The minimum Gasteiger partial charge on any atom is -0.352 e. The Hall–Kier alpha value is -3.15. The molecule has 0 aliphatic carbocycles. The van der Waals surface area contributed by atoms with Gasteiger partial charge in [-0.15, -0.1) is 0 Å². The van der Waals surface area contributed by atoms with Crippen molar-refractivity contribution in [1.29, 1.82) is 0 Å². The summed E-state index contributed by atoms with van der Waals surface area (Å²) >= 11 is 0. The zero-order valence-electron chi connectivity index (χ0n) is 14.0. The Labute approximate surface area is 146 Å². The Morgan fingerprint density at radius 2 is 1.72 bits per heavy atom. The molecule has 3 aromatic rings. The topological polar surface area (TPSA) is 54.2 Å². The lowest BCUT2D eigenvalue weighted by molar-refractivity contribution is 0.604. The first-order valence-corrected chi connectivity index (χ1v) is 8.02. The van der Waals surface area contributed by atoms with Crippen molar-refractivity contribution in [3.05, 3.63) is 84.2 Å². The third kappa shape index (κ3) is 4.23. The van der Waals surface area contributed by atoms with Crippen molar-refractivity contribution in [1.82, 2.24) is 20.2 Å². The number of nitrogens with zero attached hydrogens (tertiary/aromatic N) is 3. The molecule has 0 unspecified atom stereocenters. The Balaban J connectivity index is 1.64. The minimum absolute atomic E-state index is 0.226. The molecule has 0 saturated carbocycles. The van der Waals surface area contributed by atoms with Crippen molar-refractivity contribution in [2.45, 2.75) is 13.1 Å². The molecule has 3 rings (SSSR count). The number of para-hydroxylation sites is 1. The fourth-order valence-electron chi connectivity index (χ4n) is 2.53. The summed E-state index contributed by atoms with van der Waals surface area (Å²) in [6.07, 6.45) is 5.42. The van der Waals surface area contributed by atoms with E-state index in [0.717, 1.165) is 11.3 Å². The van der Waals surface area contributed by atoms with Gasteiger partial charge in [-0.3, -0.25) is 4.99 Å². The van der Waals surface area contributed by atoms with E-state index in [4.69, 9.17) is 0 Å². The van der Waals surface area contributed by atoms with E-state index < -0.39 is 0 Å². The molecule has 1 heterocycles. The van der Waals surface area contributed by atoms with Gasteiger partial charge in [0.25, 0.3) is 0 Å². The van der Waals surface area contributed by atoms with E-state index >= 15 is 0 Å². The second-order valence-corrected chi connectivity index (χ2v) is 5.47. The molecule has 6 heteroatoms. The maximum atomic E-state index is 13.7. The number of nitrogens with one attached hydrogen (secondary N) is 2. The van der Waals surface area contributed by atoms with E-state index in [1.807, 2.05) is 41.1 Å². The van der Waals surface area contributed by atoms with E-state index in [1.165, 1.54) is 6.07 Å². The van der Waals surface area contributed by atoms with Crippen molar-refractivity contribution in [3.63, 3.8) is 0 Å². The van der Waals surface area contributed by atoms with Gasteiger partial charge >= 0.3 is 0 Å². The Kier molecular flexibility index (Phi) is 5.41. The SMILES string of the molecule is CN=C(NCc1ccccc1F)NCc1ccccc1-n1ccnc1. The molecule has 0 aliphatic rings. The van der Waals surface area contributed by atoms with E-state index in [-0.39, 0.29) is 5.82 Å².